The van der Waals surface area contributed by atoms with Gasteiger partial charge in [-0.25, -0.2) is 0 Å². The zero-order valence-electron chi connectivity index (χ0n) is 17.3. The average Bonchev–Trinajstić information content (AvgIpc) is 2.49. The van der Waals surface area contributed by atoms with Gasteiger partial charge in [0, 0.05) is 12.8 Å². The molecule has 3 nitrogen and oxygen atoms in total. The highest BCUT2D eigenvalue weighted by atomic mass is 16.6. The summed E-state index contributed by atoms with van der Waals surface area (Å²) < 4.78 is 5.31. The topological polar surface area (TPSA) is 43.4 Å². The number of carbonyl (C=O) groups is 2. The van der Waals surface area contributed by atoms with E-state index in [1.54, 1.807) is 6.92 Å². The van der Waals surface area contributed by atoms with E-state index in [2.05, 4.69) is 0 Å². The molecular formula is C22H42O3. The molecule has 0 amide bonds. The van der Waals surface area contributed by atoms with Gasteiger partial charge in [0.25, 0.3) is 0 Å². The first-order valence-corrected chi connectivity index (χ1v) is 10.5. The van der Waals surface area contributed by atoms with Crippen LogP contribution in [0.3, 0.4) is 0 Å². The maximum Gasteiger partial charge on any atom is 0.306 e. The van der Waals surface area contributed by atoms with Crippen LogP contribution < -0.4 is 0 Å². The van der Waals surface area contributed by atoms with Crippen molar-refractivity contribution in [2.24, 2.45) is 0 Å². The van der Waals surface area contributed by atoms with Crippen molar-refractivity contribution >= 4 is 11.8 Å². The standard InChI is InChI=1S/C22H42O3/c1-20(23)18-16-14-12-10-8-6-5-7-9-11-13-15-17-19-21(24)25-22(2,3)4/h5-19H2,1-4H3. The maximum atomic E-state index is 11.6. The van der Waals surface area contributed by atoms with E-state index in [4.69, 9.17) is 4.74 Å². The molecule has 0 saturated heterocycles. The van der Waals surface area contributed by atoms with Gasteiger partial charge in [0.2, 0.25) is 0 Å². The van der Waals surface area contributed by atoms with Gasteiger partial charge in [0.15, 0.2) is 0 Å². The Hall–Kier alpha value is -0.860. The molecular weight excluding hydrogens is 312 g/mol. The van der Waals surface area contributed by atoms with Crippen LogP contribution in [0.4, 0.5) is 0 Å². The lowest BCUT2D eigenvalue weighted by atomic mass is 10.0. The van der Waals surface area contributed by atoms with Crippen LogP contribution in [0.5, 0.6) is 0 Å². The summed E-state index contributed by atoms with van der Waals surface area (Å²) in [5.74, 6) is 0.263. The van der Waals surface area contributed by atoms with Gasteiger partial charge in [0.05, 0.1) is 0 Å². The zero-order valence-corrected chi connectivity index (χ0v) is 17.3. The molecule has 0 radical (unpaired) electrons. The normalized spacial score (nSPS) is 11.5. The molecule has 0 aliphatic rings. The van der Waals surface area contributed by atoms with Gasteiger partial charge >= 0.3 is 5.97 Å². The fourth-order valence-electron chi connectivity index (χ4n) is 2.98. The number of hydrogen-bond donors (Lipinski definition) is 0. The molecule has 0 saturated carbocycles. The Labute approximate surface area is 156 Å². The smallest absolute Gasteiger partial charge is 0.306 e. The summed E-state index contributed by atoms with van der Waals surface area (Å²) in [5.41, 5.74) is -0.356. The second-order valence-corrected chi connectivity index (χ2v) is 8.38. The highest BCUT2D eigenvalue weighted by Crippen LogP contribution is 2.14. The van der Waals surface area contributed by atoms with Crippen LogP contribution in [0.2, 0.25) is 0 Å². The lowest BCUT2D eigenvalue weighted by Crippen LogP contribution is -2.23. The van der Waals surface area contributed by atoms with Crippen molar-refractivity contribution in [3.05, 3.63) is 0 Å². The predicted molar refractivity (Wildman–Crippen MR) is 106 cm³/mol. The van der Waals surface area contributed by atoms with Gasteiger partial charge in [-0.1, -0.05) is 70.6 Å². The molecule has 0 atom stereocenters. The van der Waals surface area contributed by atoms with Gasteiger partial charge in [-0.15, -0.1) is 0 Å². The summed E-state index contributed by atoms with van der Waals surface area (Å²) >= 11 is 0. The van der Waals surface area contributed by atoms with Crippen molar-refractivity contribution in [2.45, 2.75) is 130 Å². The fraction of sp³-hybridized carbons (Fsp3) is 0.909. The summed E-state index contributed by atoms with van der Waals surface area (Å²) in [5, 5.41) is 0. The monoisotopic (exact) mass is 354 g/mol. The molecule has 0 aromatic rings. The minimum Gasteiger partial charge on any atom is -0.460 e. The lowest BCUT2D eigenvalue weighted by Gasteiger charge is -2.19. The van der Waals surface area contributed by atoms with E-state index < -0.39 is 0 Å². The summed E-state index contributed by atoms with van der Waals surface area (Å²) in [6.45, 7) is 7.43. The molecule has 0 aromatic carbocycles. The first-order valence-electron chi connectivity index (χ1n) is 10.5. The number of esters is 1. The van der Waals surface area contributed by atoms with Crippen LogP contribution in [0.25, 0.3) is 0 Å². The lowest BCUT2D eigenvalue weighted by molar-refractivity contribution is -0.154. The number of carbonyl (C=O) groups excluding carboxylic acids is 2. The molecule has 0 unspecified atom stereocenters. The predicted octanol–water partition coefficient (Wildman–Crippen LogP) is 6.77. The first kappa shape index (κ1) is 24.1. The van der Waals surface area contributed by atoms with Gasteiger partial charge in [0.1, 0.15) is 11.4 Å². The SMILES string of the molecule is CC(=O)CCCCCCCCCCCCCCCC(=O)OC(C)(C)C. The van der Waals surface area contributed by atoms with Gasteiger partial charge in [-0.3, -0.25) is 4.79 Å². The number of ether oxygens (including phenoxy) is 1. The molecule has 0 rings (SSSR count). The van der Waals surface area contributed by atoms with Crippen molar-refractivity contribution in [1.82, 2.24) is 0 Å². The highest BCUT2D eigenvalue weighted by Gasteiger charge is 2.15. The number of hydrogen-bond acceptors (Lipinski definition) is 3. The molecule has 0 heterocycles. The Morgan fingerprint density at radius 1 is 0.600 bits per heavy atom. The van der Waals surface area contributed by atoms with Gasteiger partial charge < -0.3 is 9.53 Å². The van der Waals surface area contributed by atoms with Gasteiger partial charge in [-0.05, 0) is 40.5 Å². The van der Waals surface area contributed by atoms with Crippen molar-refractivity contribution < 1.29 is 14.3 Å². The van der Waals surface area contributed by atoms with Gasteiger partial charge in [-0.2, -0.15) is 0 Å². The number of rotatable bonds is 16. The van der Waals surface area contributed by atoms with E-state index in [0.29, 0.717) is 12.2 Å². The first-order chi connectivity index (χ1) is 11.8. The van der Waals surface area contributed by atoms with Crippen molar-refractivity contribution in [1.29, 1.82) is 0 Å². The van der Waals surface area contributed by atoms with E-state index in [-0.39, 0.29) is 11.6 Å². The molecule has 148 valence electrons. The van der Waals surface area contributed by atoms with E-state index in [1.165, 1.54) is 64.2 Å². The summed E-state index contributed by atoms with van der Waals surface area (Å²) in [7, 11) is 0. The van der Waals surface area contributed by atoms with Crippen molar-refractivity contribution in [3.63, 3.8) is 0 Å². The molecule has 0 spiro atoms. The van der Waals surface area contributed by atoms with Crippen LogP contribution in [-0.4, -0.2) is 17.4 Å². The average molecular weight is 355 g/mol. The zero-order chi connectivity index (χ0) is 19.0. The van der Waals surface area contributed by atoms with Crippen LogP contribution in [-0.2, 0) is 14.3 Å². The Balaban J connectivity index is 3.17. The van der Waals surface area contributed by atoms with E-state index in [0.717, 1.165) is 25.7 Å². The Morgan fingerprint density at radius 2 is 0.920 bits per heavy atom. The quantitative estimate of drug-likeness (QED) is 0.227. The number of ketones is 1. The van der Waals surface area contributed by atoms with Crippen LogP contribution in [0.15, 0.2) is 0 Å². The van der Waals surface area contributed by atoms with E-state index in [1.807, 2.05) is 20.8 Å². The fourth-order valence-corrected chi connectivity index (χ4v) is 2.98. The van der Waals surface area contributed by atoms with Crippen LogP contribution in [0, 0.1) is 0 Å². The third kappa shape index (κ3) is 21.1. The second kappa shape index (κ2) is 15.4. The maximum absolute atomic E-state index is 11.6. The third-order valence-electron chi connectivity index (χ3n) is 4.33. The summed E-state index contributed by atoms with van der Waals surface area (Å²) in [6.07, 6.45) is 17.5. The second-order valence-electron chi connectivity index (χ2n) is 8.38. The largest absolute Gasteiger partial charge is 0.460 e. The molecule has 0 bridgehead atoms. The molecule has 0 aliphatic heterocycles. The molecule has 0 aliphatic carbocycles. The van der Waals surface area contributed by atoms with Crippen molar-refractivity contribution in [2.75, 3.05) is 0 Å². The van der Waals surface area contributed by atoms with Crippen LogP contribution >= 0.6 is 0 Å². The van der Waals surface area contributed by atoms with Crippen molar-refractivity contribution in [3.8, 4) is 0 Å². The highest BCUT2D eigenvalue weighted by molar-refractivity contribution is 5.75. The minimum absolute atomic E-state index is 0.0613. The molecule has 0 fully saturated rings. The molecule has 25 heavy (non-hydrogen) atoms. The van der Waals surface area contributed by atoms with E-state index >= 15 is 0 Å². The Morgan fingerprint density at radius 3 is 1.24 bits per heavy atom. The third-order valence-corrected chi connectivity index (χ3v) is 4.33. The number of Topliss-reactive ketones (excluding diaryl/α,β-unsaturated/α-hetero) is 1. The van der Waals surface area contributed by atoms with Crippen LogP contribution in [0.1, 0.15) is 124 Å². The molecule has 3 heteroatoms. The number of unbranched alkanes of at least 4 members (excludes halogenated alkanes) is 12. The summed E-state index contributed by atoms with van der Waals surface area (Å²) in [4.78, 5) is 22.4. The molecule has 0 N–H and O–H groups in total. The van der Waals surface area contributed by atoms with E-state index in [9.17, 15) is 9.59 Å². The Bertz CT molecular complexity index is 342. The molecule has 0 aromatic heterocycles. The Kier molecular flexibility index (Phi) is 14.9. The minimum atomic E-state index is -0.356. The summed E-state index contributed by atoms with van der Waals surface area (Å²) in [6, 6.07) is 0.